The molecule has 0 bridgehead atoms. The maximum absolute atomic E-state index is 6.00. The Labute approximate surface area is 116 Å². The number of aromatic nitrogens is 1. The van der Waals surface area contributed by atoms with E-state index in [1.165, 1.54) is 11.1 Å². The van der Waals surface area contributed by atoms with Gasteiger partial charge in [0, 0.05) is 44.7 Å². The fourth-order valence-electron chi connectivity index (χ4n) is 2.89. The van der Waals surface area contributed by atoms with Crippen molar-refractivity contribution in [3.05, 3.63) is 29.6 Å². The smallest absolute Gasteiger partial charge is 0.0599 e. The van der Waals surface area contributed by atoms with E-state index in [1.54, 1.807) is 0 Å². The van der Waals surface area contributed by atoms with Crippen LogP contribution in [0.25, 0.3) is 0 Å². The fraction of sp³-hybridized carbons (Fsp3) is 0.667. The number of nitrogens with zero attached hydrogens (tertiary/aromatic N) is 2. The Morgan fingerprint density at radius 3 is 2.79 bits per heavy atom. The second-order valence-electron chi connectivity index (χ2n) is 5.17. The molecule has 4 heteroatoms. The van der Waals surface area contributed by atoms with Crippen LogP contribution in [0.3, 0.4) is 0 Å². The monoisotopic (exact) mass is 263 g/mol. The second-order valence-corrected chi connectivity index (χ2v) is 5.17. The maximum Gasteiger partial charge on any atom is 0.0599 e. The van der Waals surface area contributed by atoms with Crippen molar-refractivity contribution >= 4 is 0 Å². The molecule has 0 spiro atoms. The van der Waals surface area contributed by atoms with Crippen LogP contribution >= 0.6 is 0 Å². The molecule has 0 aliphatic carbocycles. The molecule has 1 atom stereocenters. The van der Waals surface area contributed by atoms with Gasteiger partial charge in [0.25, 0.3) is 0 Å². The minimum Gasteiger partial charge on any atom is -0.378 e. The van der Waals surface area contributed by atoms with Crippen molar-refractivity contribution in [2.75, 3.05) is 26.2 Å². The Hall–Kier alpha value is -0.970. The van der Waals surface area contributed by atoms with Gasteiger partial charge in [0.05, 0.1) is 6.10 Å². The topological polar surface area (TPSA) is 51.4 Å². The molecule has 0 radical (unpaired) electrons. The highest BCUT2D eigenvalue weighted by Gasteiger charge is 2.26. The van der Waals surface area contributed by atoms with Gasteiger partial charge in [0.15, 0.2) is 0 Å². The predicted molar refractivity (Wildman–Crippen MR) is 77.0 cm³/mol. The summed E-state index contributed by atoms with van der Waals surface area (Å²) in [4.78, 5) is 6.72. The summed E-state index contributed by atoms with van der Waals surface area (Å²) in [5.74, 6) is 0. The molecular weight excluding hydrogens is 238 g/mol. The molecule has 1 aromatic rings. The summed E-state index contributed by atoms with van der Waals surface area (Å²) < 4.78 is 5.70. The van der Waals surface area contributed by atoms with Gasteiger partial charge in [0.2, 0.25) is 0 Å². The quantitative estimate of drug-likeness (QED) is 0.881. The largest absolute Gasteiger partial charge is 0.378 e. The van der Waals surface area contributed by atoms with Crippen molar-refractivity contribution in [3.8, 4) is 0 Å². The number of nitrogens with two attached hydrogens (primary N) is 1. The molecule has 1 fully saturated rings. The number of piperidine rings is 1. The third-order valence-corrected chi connectivity index (χ3v) is 3.98. The Morgan fingerprint density at radius 2 is 2.21 bits per heavy atom. The number of hydrogen-bond donors (Lipinski definition) is 1. The van der Waals surface area contributed by atoms with Crippen molar-refractivity contribution in [1.82, 2.24) is 9.88 Å². The first kappa shape index (κ1) is 14.4. The summed E-state index contributed by atoms with van der Waals surface area (Å²) >= 11 is 0. The van der Waals surface area contributed by atoms with E-state index in [-0.39, 0.29) is 6.04 Å². The third kappa shape index (κ3) is 3.53. The first-order chi connectivity index (χ1) is 9.26. The van der Waals surface area contributed by atoms with E-state index < -0.39 is 0 Å². The van der Waals surface area contributed by atoms with Crippen LogP contribution in [0.5, 0.6) is 0 Å². The lowest BCUT2D eigenvalue weighted by molar-refractivity contribution is 0.00443. The van der Waals surface area contributed by atoms with Crippen LogP contribution in [0, 0.1) is 6.92 Å². The number of hydrogen-bond acceptors (Lipinski definition) is 4. The molecule has 0 saturated carbocycles. The van der Waals surface area contributed by atoms with E-state index in [9.17, 15) is 0 Å². The van der Waals surface area contributed by atoms with Gasteiger partial charge < -0.3 is 10.5 Å². The van der Waals surface area contributed by atoms with E-state index in [2.05, 4.69) is 29.8 Å². The number of ether oxygens (including phenoxy) is 1. The molecule has 1 unspecified atom stereocenters. The third-order valence-electron chi connectivity index (χ3n) is 3.98. The highest BCUT2D eigenvalue weighted by atomic mass is 16.5. The van der Waals surface area contributed by atoms with E-state index in [0.717, 1.165) is 32.5 Å². The van der Waals surface area contributed by atoms with Crippen LogP contribution in [0.4, 0.5) is 0 Å². The van der Waals surface area contributed by atoms with Crippen molar-refractivity contribution < 1.29 is 4.74 Å². The van der Waals surface area contributed by atoms with E-state index in [1.807, 2.05) is 12.4 Å². The second kappa shape index (κ2) is 6.98. The average Bonchev–Trinajstić information content (AvgIpc) is 2.44. The molecule has 106 valence electrons. The van der Waals surface area contributed by atoms with Gasteiger partial charge in [-0.25, -0.2) is 0 Å². The maximum atomic E-state index is 6.00. The Balaban J connectivity index is 2.02. The Bertz CT molecular complexity index is 389. The first-order valence-electron chi connectivity index (χ1n) is 7.22. The van der Waals surface area contributed by atoms with Crippen LogP contribution in [-0.4, -0.2) is 42.2 Å². The molecule has 19 heavy (non-hydrogen) atoms. The van der Waals surface area contributed by atoms with Gasteiger partial charge in [-0.2, -0.15) is 0 Å². The summed E-state index contributed by atoms with van der Waals surface area (Å²) in [6.45, 7) is 7.76. The van der Waals surface area contributed by atoms with Crippen molar-refractivity contribution in [2.24, 2.45) is 5.73 Å². The van der Waals surface area contributed by atoms with Crippen molar-refractivity contribution in [1.29, 1.82) is 0 Å². The van der Waals surface area contributed by atoms with Gasteiger partial charge in [-0.1, -0.05) is 0 Å². The first-order valence-corrected chi connectivity index (χ1v) is 7.22. The molecule has 1 saturated heterocycles. The molecule has 0 amide bonds. The van der Waals surface area contributed by atoms with Gasteiger partial charge in [-0.15, -0.1) is 0 Å². The predicted octanol–water partition coefficient (Wildman–Crippen LogP) is 1.89. The number of pyridine rings is 1. The van der Waals surface area contributed by atoms with Crippen LogP contribution in [0.1, 0.15) is 36.9 Å². The lowest BCUT2D eigenvalue weighted by Gasteiger charge is -2.37. The molecule has 1 aromatic heterocycles. The number of rotatable bonds is 5. The molecule has 2 N–H and O–H groups in total. The molecule has 0 aromatic carbocycles. The Morgan fingerprint density at radius 1 is 1.47 bits per heavy atom. The molecule has 2 rings (SSSR count). The normalized spacial score (nSPS) is 19.5. The lowest BCUT2D eigenvalue weighted by Crippen LogP contribution is -2.42. The van der Waals surface area contributed by atoms with Gasteiger partial charge in [0.1, 0.15) is 0 Å². The standard InChI is InChI=1S/C15H25N3O/c1-3-19-13-5-8-18(9-6-13)15(10-16)14-11-17-7-4-12(14)2/h4,7,11,13,15H,3,5-6,8-10,16H2,1-2H3. The van der Waals surface area contributed by atoms with Crippen molar-refractivity contribution in [2.45, 2.75) is 38.8 Å². The minimum atomic E-state index is 0.288. The summed E-state index contributed by atoms with van der Waals surface area (Å²) in [6.07, 6.45) is 6.43. The van der Waals surface area contributed by atoms with E-state index >= 15 is 0 Å². The summed E-state index contributed by atoms with van der Waals surface area (Å²) in [6, 6.07) is 2.35. The highest BCUT2D eigenvalue weighted by Crippen LogP contribution is 2.26. The zero-order valence-electron chi connectivity index (χ0n) is 12.0. The van der Waals surface area contributed by atoms with Crippen LogP contribution in [0.15, 0.2) is 18.5 Å². The van der Waals surface area contributed by atoms with E-state index in [0.29, 0.717) is 12.6 Å². The van der Waals surface area contributed by atoms with Crippen LogP contribution < -0.4 is 5.73 Å². The number of aryl methyl sites for hydroxylation is 1. The van der Waals surface area contributed by atoms with E-state index in [4.69, 9.17) is 10.5 Å². The van der Waals surface area contributed by atoms with Crippen LogP contribution in [0.2, 0.25) is 0 Å². The molecular formula is C15H25N3O. The lowest BCUT2D eigenvalue weighted by atomic mass is 9.99. The SMILES string of the molecule is CCOC1CCN(C(CN)c2cnccc2C)CC1. The zero-order valence-corrected chi connectivity index (χ0v) is 12.0. The number of likely N-dealkylation sites (tertiary alicyclic amines) is 1. The summed E-state index contributed by atoms with van der Waals surface area (Å²) in [5, 5.41) is 0. The zero-order chi connectivity index (χ0) is 13.7. The van der Waals surface area contributed by atoms with Gasteiger partial charge in [-0.3, -0.25) is 9.88 Å². The average molecular weight is 263 g/mol. The van der Waals surface area contributed by atoms with Crippen LogP contribution in [-0.2, 0) is 4.74 Å². The molecule has 1 aliphatic heterocycles. The molecule has 1 aliphatic rings. The Kier molecular flexibility index (Phi) is 5.31. The summed E-state index contributed by atoms with van der Waals surface area (Å²) in [5.41, 5.74) is 8.54. The fourth-order valence-corrected chi connectivity index (χ4v) is 2.89. The highest BCUT2D eigenvalue weighted by molar-refractivity contribution is 5.25. The minimum absolute atomic E-state index is 0.288. The summed E-state index contributed by atoms with van der Waals surface area (Å²) in [7, 11) is 0. The van der Waals surface area contributed by atoms with Gasteiger partial charge >= 0.3 is 0 Å². The molecule has 2 heterocycles. The van der Waals surface area contributed by atoms with Gasteiger partial charge in [-0.05, 0) is 43.9 Å². The molecule has 4 nitrogen and oxygen atoms in total. The van der Waals surface area contributed by atoms with Crippen molar-refractivity contribution in [3.63, 3.8) is 0 Å².